The van der Waals surface area contributed by atoms with E-state index in [9.17, 15) is 8.42 Å². The molecule has 0 aliphatic rings. The molecule has 0 amide bonds. The van der Waals surface area contributed by atoms with Crippen LogP contribution in [-0.2, 0) is 16.6 Å². The second kappa shape index (κ2) is 6.76. The van der Waals surface area contributed by atoms with Crippen LogP contribution < -0.4 is 4.72 Å². The van der Waals surface area contributed by atoms with Crippen LogP contribution in [0.15, 0.2) is 40.6 Å². The normalized spacial score (nSPS) is 11.8. The van der Waals surface area contributed by atoms with Crippen LogP contribution in [0.2, 0.25) is 0 Å². The zero-order valence-electron chi connectivity index (χ0n) is 13.7. The van der Waals surface area contributed by atoms with Crippen molar-refractivity contribution in [3.05, 3.63) is 56.7 Å². The van der Waals surface area contributed by atoms with E-state index >= 15 is 0 Å². The van der Waals surface area contributed by atoms with E-state index in [1.807, 2.05) is 50.4 Å². The lowest BCUT2D eigenvalue weighted by atomic mass is 10.1. The van der Waals surface area contributed by atoms with Gasteiger partial charge >= 0.3 is 0 Å². The summed E-state index contributed by atoms with van der Waals surface area (Å²) in [7, 11) is -3.55. The van der Waals surface area contributed by atoms with Crippen LogP contribution >= 0.6 is 22.7 Å². The monoisotopic (exact) mass is 378 g/mol. The molecule has 0 saturated heterocycles. The molecule has 0 aliphatic carbocycles. The van der Waals surface area contributed by atoms with Crippen molar-refractivity contribution < 1.29 is 8.42 Å². The molecule has 2 aromatic heterocycles. The molecule has 3 rings (SSSR count). The SMILES string of the molecule is Cc1nc(-c2cc(S(=O)(=O)NCc3ccccc3C)c(C)s2)cs1. The summed E-state index contributed by atoms with van der Waals surface area (Å²) in [5.74, 6) is 0. The third-order valence-corrected chi connectivity index (χ3v) is 7.25. The summed E-state index contributed by atoms with van der Waals surface area (Å²) < 4.78 is 28.0. The summed E-state index contributed by atoms with van der Waals surface area (Å²) in [6.07, 6.45) is 0. The van der Waals surface area contributed by atoms with Gasteiger partial charge < -0.3 is 0 Å². The fourth-order valence-electron chi connectivity index (χ4n) is 2.39. The summed E-state index contributed by atoms with van der Waals surface area (Å²) in [6.45, 7) is 6.03. The quantitative estimate of drug-likeness (QED) is 0.721. The Bertz CT molecular complexity index is 971. The molecule has 0 fully saturated rings. The van der Waals surface area contributed by atoms with Crippen LogP contribution in [-0.4, -0.2) is 13.4 Å². The third-order valence-electron chi connectivity index (χ3n) is 3.75. The summed E-state index contributed by atoms with van der Waals surface area (Å²) in [5.41, 5.74) is 2.89. The number of thiazole rings is 1. The van der Waals surface area contributed by atoms with Crippen molar-refractivity contribution in [2.24, 2.45) is 0 Å². The highest BCUT2D eigenvalue weighted by atomic mass is 32.2. The second-order valence-electron chi connectivity index (χ2n) is 5.53. The molecule has 4 nitrogen and oxygen atoms in total. The highest BCUT2D eigenvalue weighted by Gasteiger charge is 2.21. The van der Waals surface area contributed by atoms with Crippen molar-refractivity contribution >= 4 is 32.7 Å². The van der Waals surface area contributed by atoms with Gasteiger partial charge in [0, 0.05) is 16.8 Å². The van der Waals surface area contributed by atoms with E-state index in [0.717, 1.165) is 31.6 Å². The van der Waals surface area contributed by atoms with Crippen LogP contribution in [0.1, 0.15) is 21.0 Å². The Morgan fingerprint density at radius 2 is 1.92 bits per heavy atom. The minimum Gasteiger partial charge on any atom is -0.241 e. The van der Waals surface area contributed by atoms with Gasteiger partial charge in [0.2, 0.25) is 10.0 Å². The molecular weight excluding hydrogens is 360 g/mol. The van der Waals surface area contributed by atoms with Gasteiger partial charge in [-0.15, -0.1) is 22.7 Å². The number of hydrogen-bond donors (Lipinski definition) is 1. The minimum atomic E-state index is -3.55. The first-order chi connectivity index (χ1) is 11.4. The van der Waals surface area contributed by atoms with Crippen molar-refractivity contribution in [2.75, 3.05) is 0 Å². The number of hydrogen-bond acceptors (Lipinski definition) is 5. The Balaban J connectivity index is 1.85. The number of thiophene rings is 1. The Hall–Kier alpha value is -1.54. The Morgan fingerprint density at radius 1 is 1.17 bits per heavy atom. The maximum absolute atomic E-state index is 12.7. The molecular formula is C17H18N2O2S3. The number of aryl methyl sites for hydroxylation is 3. The van der Waals surface area contributed by atoms with Gasteiger partial charge in [-0.1, -0.05) is 24.3 Å². The molecule has 0 saturated carbocycles. The van der Waals surface area contributed by atoms with Crippen molar-refractivity contribution in [1.82, 2.24) is 9.71 Å². The Labute approximate surface area is 150 Å². The second-order valence-corrected chi connectivity index (χ2v) is 9.59. The fourth-order valence-corrected chi connectivity index (χ4v) is 5.64. The van der Waals surface area contributed by atoms with Crippen LogP contribution in [0.5, 0.6) is 0 Å². The lowest BCUT2D eigenvalue weighted by molar-refractivity contribution is 0.581. The maximum atomic E-state index is 12.7. The van der Waals surface area contributed by atoms with Gasteiger partial charge in [-0.25, -0.2) is 18.1 Å². The molecule has 0 radical (unpaired) electrons. The average molecular weight is 379 g/mol. The molecule has 0 unspecified atom stereocenters. The largest absolute Gasteiger partial charge is 0.241 e. The van der Waals surface area contributed by atoms with Crippen molar-refractivity contribution in [3.63, 3.8) is 0 Å². The van der Waals surface area contributed by atoms with Gasteiger partial charge in [-0.3, -0.25) is 0 Å². The van der Waals surface area contributed by atoms with Gasteiger partial charge in [-0.05, 0) is 38.0 Å². The molecule has 126 valence electrons. The molecule has 1 N–H and O–H groups in total. The number of benzene rings is 1. The molecule has 0 bridgehead atoms. The van der Waals surface area contributed by atoms with E-state index < -0.39 is 10.0 Å². The van der Waals surface area contributed by atoms with E-state index in [0.29, 0.717) is 4.90 Å². The van der Waals surface area contributed by atoms with Crippen LogP contribution in [0.3, 0.4) is 0 Å². The van der Waals surface area contributed by atoms with Crippen LogP contribution in [0, 0.1) is 20.8 Å². The topological polar surface area (TPSA) is 59.1 Å². The first kappa shape index (κ1) is 17.3. The standard InChI is InChI=1S/C17H18N2O2S3/c1-11-6-4-5-7-14(11)9-18-24(20,21)17-8-16(23-12(17)2)15-10-22-13(3)19-15/h4-8,10,18H,9H2,1-3H3. The van der Waals surface area contributed by atoms with E-state index in [-0.39, 0.29) is 6.54 Å². The predicted molar refractivity (Wildman–Crippen MR) is 100 cm³/mol. The molecule has 1 aromatic carbocycles. The van der Waals surface area contributed by atoms with E-state index in [1.165, 1.54) is 11.3 Å². The van der Waals surface area contributed by atoms with Crippen molar-refractivity contribution in [2.45, 2.75) is 32.2 Å². The molecule has 3 aromatic rings. The van der Waals surface area contributed by atoms with Crippen molar-refractivity contribution in [1.29, 1.82) is 0 Å². The third kappa shape index (κ3) is 3.59. The number of nitrogens with one attached hydrogen (secondary N) is 1. The minimum absolute atomic E-state index is 0.287. The molecule has 2 heterocycles. The molecule has 0 spiro atoms. The van der Waals surface area contributed by atoms with Gasteiger partial charge in [0.25, 0.3) is 0 Å². The number of nitrogens with zero attached hydrogens (tertiary/aromatic N) is 1. The first-order valence-corrected chi connectivity index (χ1v) is 10.6. The van der Waals surface area contributed by atoms with Crippen molar-refractivity contribution in [3.8, 4) is 10.6 Å². The van der Waals surface area contributed by atoms with Crippen LogP contribution in [0.25, 0.3) is 10.6 Å². The maximum Gasteiger partial charge on any atom is 0.241 e. The molecule has 24 heavy (non-hydrogen) atoms. The lowest BCUT2D eigenvalue weighted by Crippen LogP contribution is -2.23. The van der Waals surface area contributed by atoms with Gasteiger partial charge in [-0.2, -0.15) is 0 Å². The first-order valence-electron chi connectivity index (χ1n) is 7.44. The van der Waals surface area contributed by atoms with Gasteiger partial charge in [0.1, 0.15) is 0 Å². The summed E-state index contributed by atoms with van der Waals surface area (Å²) >= 11 is 3.02. The van der Waals surface area contributed by atoms with Crippen LogP contribution in [0.4, 0.5) is 0 Å². The highest BCUT2D eigenvalue weighted by molar-refractivity contribution is 7.89. The number of rotatable bonds is 5. The average Bonchev–Trinajstić information content (AvgIpc) is 3.13. The fraction of sp³-hybridized carbons (Fsp3) is 0.235. The summed E-state index contributed by atoms with van der Waals surface area (Å²) in [6, 6.07) is 9.48. The van der Waals surface area contributed by atoms with Gasteiger partial charge in [0.05, 0.1) is 20.5 Å². The summed E-state index contributed by atoms with van der Waals surface area (Å²) in [5, 5.41) is 2.93. The predicted octanol–water partition coefficient (Wildman–Crippen LogP) is 4.28. The molecule has 0 aliphatic heterocycles. The number of aromatic nitrogens is 1. The highest BCUT2D eigenvalue weighted by Crippen LogP contribution is 2.34. The van der Waals surface area contributed by atoms with Gasteiger partial charge in [0.15, 0.2) is 0 Å². The Kier molecular flexibility index (Phi) is 4.87. The zero-order valence-corrected chi connectivity index (χ0v) is 16.1. The van der Waals surface area contributed by atoms with E-state index in [4.69, 9.17) is 0 Å². The molecule has 7 heteroatoms. The zero-order chi connectivity index (χ0) is 17.3. The number of sulfonamides is 1. The Morgan fingerprint density at radius 3 is 2.58 bits per heavy atom. The lowest BCUT2D eigenvalue weighted by Gasteiger charge is -2.08. The van der Waals surface area contributed by atoms with E-state index in [2.05, 4.69) is 9.71 Å². The smallest absolute Gasteiger partial charge is 0.241 e. The summed E-state index contributed by atoms with van der Waals surface area (Å²) in [4.78, 5) is 6.43. The van der Waals surface area contributed by atoms with E-state index in [1.54, 1.807) is 17.4 Å². The molecule has 0 atom stereocenters.